The normalized spacial score (nSPS) is 16.6. The predicted octanol–water partition coefficient (Wildman–Crippen LogP) is 0.421. The van der Waals surface area contributed by atoms with Crippen LogP contribution in [0.25, 0.3) is 5.65 Å². The van der Waals surface area contributed by atoms with Crippen molar-refractivity contribution in [1.82, 2.24) is 19.9 Å². The highest BCUT2D eigenvalue weighted by Crippen LogP contribution is 2.11. The Morgan fingerprint density at radius 2 is 2.40 bits per heavy atom. The zero-order valence-corrected chi connectivity index (χ0v) is 8.57. The number of aromatic nitrogens is 3. The second-order valence-electron chi connectivity index (χ2n) is 3.89. The summed E-state index contributed by atoms with van der Waals surface area (Å²) in [5.41, 5.74) is 2.07. The maximum atomic E-state index is 4.45. The van der Waals surface area contributed by atoms with Gasteiger partial charge in [-0.05, 0) is 18.6 Å². The Morgan fingerprint density at radius 1 is 1.53 bits per heavy atom. The van der Waals surface area contributed by atoms with Crippen molar-refractivity contribution in [2.75, 3.05) is 18.4 Å². The lowest BCUT2D eigenvalue weighted by Crippen LogP contribution is -2.51. The number of pyridine rings is 1. The first kappa shape index (κ1) is 8.67. The summed E-state index contributed by atoms with van der Waals surface area (Å²) in [4.78, 5) is 4.45. The van der Waals surface area contributed by atoms with Gasteiger partial charge in [0.05, 0.1) is 6.04 Å². The largest absolute Gasteiger partial charge is 0.348 e. The number of hydrogen-bond donors (Lipinski definition) is 2. The molecule has 0 amide bonds. The lowest BCUT2D eigenvalue weighted by atomic mass is 10.2. The Balaban J connectivity index is 1.95. The van der Waals surface area contributed by atoms with Crippen molar-refractivity contribution < 1.29 is 0 Å². The van der Waals surface area contributed by atoms with Gasteiger partial charge >= 0.3 is 0 Å². The summed E-state index contributed by atoms with van der Waals surface area (Å²) >= 11 is 0. The van der Waals surface area contributed by atoms with Crippen LogP contribution in [0, 0.1) is 6.92 Å². The highest BCUT2D eigenvalue weighted by atomic mass is 15.4. The second kappa shape index (κ2) is 3.20. The van der Waals surface area contributed by atoms with Gasteiger partial charge in [0.25, 0.3) is 0 Å². The minimum atomic E-state index is 0.475. The van der Waals surface area contributed by atoms with Gasteiger partial charge in [-0.25, -0.2) is 4.52 Å². The van der Waals surface area contributed by atoms with E-state index in [1.807, 2.05) is 29.8 Å². The molecule has 5 heteroatoms. The Labute approximate surface area is 87.5 Å². The third kappa shape index (κ3) is 1.45. The molecule has 1 aliphatic heterocycles. The average molecular weight is 203 g/mol. The molecule has 0 atom stereocenters. The molecule has 1 saturated heterocycles. The van der Waals surface area contributed by atoms with Crippen LogP contribution in [0.15, 0.2) is 18.3 Å². The van der Waals surface area contributed by atoms with Gasteiger partial charge in [-0.15, -0.1) is 5.10 Å². The number of nitrogens with one attached hydrogen (secondary N) is 2. The number of hydrogen-bond acceptors (Lipinski definition) is 4. The summed E-state index contributed by atoms with van der Waals surface area (Å²) in [5.74, 6) is 0.718. The molecule has 5 nitrogen and oxygen atoms in total. The predicted molar refractivity (Wildman–Crippen MR) is 58.0 cm³/mol. The van der Waals surface area contributed by atoms with Gasteiger partial charge < -0.3 is 10.6 Å². The fraction of sp³-hybridized carbons (Fsp3) is 0.400. The quantitative estimate of drug-likeness (QED) is 0.742. The molecule has 0 radical (unpaired) electrons. The molecule has 2 N–H and O–H groups in total. The molecule has 2 aromatic heterocycles. The van der Waals surface area contributed by atoms with Crippen LogP contribution in [-0.4, -0.2) is 33.7 Å². The second-order valence-corrected chi connectivity index (χ2v) is 3.89. The van der Waals surface area contributed by atoms with Crippen molar-refractivity contribution in [3.05, 3.63) is 23.9 Å². The smallest absolute Gasteiger partial charge is 0.243 e. The van der Waals surface area contributed by atoms with E-state index >= 15 is 0 Å². The number of aryl methyl sites for hydroxylation is 1. The highest BCUT2D eigenvalue weighted by molar-refractivity contribution is 5.50. The molecule has 1 fully saturated rings. The van der Waals surface area contributed by atoms with E-state index in [0.29, 0.717) is 6.04 Å². The molecular formula is C10H13N5. The molecule has 15 heavy (non-hydrogen) atoms. The lowest BCUT2D eigenvalue weighted by molar-refractivity contribution is 0.470. The first-order valence-corrected chi connectivity index (χ1v) is 5.12. The van der Waals surface area contributed by atoms with Crippen molar-refractivity contribution in [1.29, 1.82) is 0 Å². The third-order valence-electron chi connectivity index (χ3n) is 2.67. The fourth-order valence-corrected chi connectivity index (χ4v) is 1.67. The van der Waals surface area contributed by atoms with Gasteiger partial charge in [0.2, 0.25) is 5.95 Å². The summed E-state index contributed by atoms with van der Waals surface area (Å²) in [6, 6.07) is 4.49. The van der Waals surface area contributed by atoms with Gasteiger partial charge in [-0.1, -0.05) is 6.07 Å². The van der Waals surface area contributed by atoms with Crippen LogP contribution in [0.5, 0.6) is 0 Å². The maximum absolute atomic E-state index is 4.45. The Morgan fingerprint density at radius 3 is 3.07 bits per heavy atom. The molecule has 0 bridgehead atoms. The van der Waals surface area contributed by atoms with Crippen molar-refractivity contribution in [2.45, 2.75) is 13.0 Å². The monoisotopic (exact) mass is 203 g/mol. The molecule has 2 aromatic rings. The topological polar surface area (TPSA) is 54.2 Å². The van der Waals surface area contributed by atoms with E-state index in [2.05, 4.69) is 20.7 Å². The summed E-state index contributed by atoms with van der Waals surface area (Å²) in [7, 11) is 0. The van der Waals surface area contributed by atoms with Crippen LogP contribution in [0.2, 0.25) is 0 Å². The Kier molecular flexibility index (Phi) is 1.85. The molecular weight excluding hydrogens is 190 g/mol. The van der Waals surface area contributed by atoms with E-state index in [1.165, 1.54) is 0 Å². The number of fused-ring (bicyclic) bond motifs is 1. The van der Waals surface area contributed by atoms with E-state index in [4.69, 9.17) is 0 Å². The molecule has 3 rings (SSSR count). The number of rotatable bonds is 2. The molecule has 0 unspecified atom stereocenters. The summed E-state index contributed by atoms with van der Waals surface area (Å²) < 4.78 is 1.81. The molecule has 1 aliphatic rings. The minimum absolute atomic E-state index is 0.475. The third-order valence-corrected chi connectivity index (χ3v) is 2.67. The maximum Gasteiger partial charge on any atom is 0.243 e. The summed E-state index contributed by atoms with van der Waals surface area (Å²) in [6.07, 6.45) is 1.92. The van der Waals surface area contributed by atoms with E-state index in [0.717, 1.165) is 30.2 Å². The Bertz CT molecular complexity index is 486. The van der Waals surface area contributed by atoms with Crippen LogP contribution < -0.4 is 10.6 Å². The molecule has 0 aromatic carbocycles. The number of anilines is 1. The van der Waals surface area contributed by atoms with E-state index in [1.54, 1.807) is 0 Å². The first-order chi connectivity index (χ1) is 7.33. The lowest BCUT2D eigenvalue weighted by Gasteiger charge is -2.27. The van der Waals surface area contributed by atoms with Gasteiger partial charge in [-0.2, -0.15) is 4.98 Å². The van der Waals surface area contributed by atoms with Crippen LogP contribution in [-0.2, 0) is 0 Å². The van der Waals surface area contributed by atoms with Crippen molar-refractivity contribution in [3.8, 4) is 0 Å². The van der Waals surface area contributed by atoms with E-state index < -0.39 is 0 Å². The molecule has 78 valence electrons. The zero-order chi connectivity index (χ0) is 10.3. The highest BCUT2D eigenvalue weighted by Gasteiger charge is 2.18. The number of nitrogens with zero attached hydrogens (tertiary/aromatic N) is 3. The van der Waals surface area contributed by atoms with Gasteiger partial charge in [0.15, 0.2) is 5.65 Å². The van der Waals surface area contributed by atoms with Crippen LogP contribution in [0.1, 0.15) is 5.56 Å². The molecule has 0 aliphatic carbocycles. The molecule has 0 saturated carbocycles. The van der Waals surface area contributed by atoms with E-state index in [-0.39, 0.29) is 0 Å². The van der Waals surface area contributed by atoms with Gasteiger partial charge in [0.1, 0.15) is 0 Å². The summed E-state index contributed by atoms with van der Waals surface area (Å²) in [5, 5.41) is 10.9. The summed E-state index contributed by atoms with van der Waals surface area (Å²) in [6.45, 7) is 4.03. The van der Waals surface area contributed by atoms with Crippen LogP contribution >= 0.6 is 0 Å². The van der Waals surface area contributed by atoms with Crippen molar-refractivity contribution in [2.24, 2.45) is 0 Å². The first-order valence-electron chi connectivity index (χ1n) is 5.12. The van der Waals surface area contributed by atoms with Gasteiger partial charge in [-0.3, -0.25) is 0 Å². The van der Waals surface area contributed by atoms with Crippen molar-refractivity contribution in [3.63, 3.8) is 0 Å². The van der Waals surface area contributed by atoms with E-state index in [9.17, 15) is 0 Å². The zero-order valence-electron chi connectivity index (χ0n) is 8.57. The average Bonchev–Trinajstić information content (AvgIpc) is 2.56. The van der Waals surface area contributed by atoms with Crippen LogP contribution in [0.4, 0.5) is 5.95 Å². The standard InChI is InChI=1S/C10H13N5/c1-7-3-2-4-15-9(7)13-10(14-15)12-8-5-11-6-8/h2-4,8,11H,5-6H2,1H3,(H,12,14). The fourth-order valence-electron chi connectivity index (χ4n) is 1.67. The Hall–Kier alpha value is -1.62. The molecule has 3 heterocycles. The molecule has 0 spiro atoms. The van der Waals surface area contributed by atoms with Crippen LogP contribution in [0.3, 0.4) is 0 Å². The SMILES string of the molecule is Cc1cccn2nc(NC3CNC3)nc12. The van der Waals surface area contributed by atoms with Gasteiger partial charge in [0, 0.05) is 19.3 Å². The van der Waals surface area contributed by atoms with Crippen molar-refractivity contribution >= 4 is 11.6 Å². The minimum Gasteiger partial charge on any atom is -0.348 e.